The SMILES string of the molecule is CC=CC=C(C)c1occ2c3ccccc3n(Cc3ccccc3Br)c12. The first-order valence-electron chi connectivity index (χ1n) is 8.72. The maximum Gasteiger partial charge on any atom is 0.153 e. The number of furan rings is 1. The maximum absolute atomic E-state index is 6.00. The van der Waals surface area contributed by atoms with Crippen LogP contribution in [-0.4, -0.2) is 4.57 Å². The summed E-state index contributed by atoms with van der Waals surface area (Å²) >= 11 is 3.69. The molecule has 0 fully saturated rings. The summed E-state index contributed by atoms with van der Waals surface area (Å²) in [6.45, 7) is 4.90. The quantitative estimate of drug-likeness (QED) is 0.328. The van der Waals surface area contributed by atoms with Gasteiger partial charge in [-0.1, -0.05) is 70.6 Å². The fourth-order valence-corrected chi connectivity index (χ4v) is 3.84. The Kier molecular flexibility index (Phi) is 4.56. The van der Waals surface area contributed by atoms with Crippen LogP contribution in [0.2, 0.25) is 0 Å². The van der Waals surface area contributed by atoms with E-state index in [1.807, 2.05) is 31.4 Å². The minimum atomic E-state index is 0.787. The summed E-state index contributed by atoms with van der Waals surface area (Å²) in [6.07, 6.45) is 8.06. The van der Waals surface area contributed by atoms with Crippen LogP contribution in [-0.2, 0) is 6.54 Å². The molecule has 0 radical (unpaired) electrons. The molecule has 0 aliphatic rings. The van der Waals surface area contributed by atoms with Crippen molar-refractivity contribution in [3.8, 4) is 0 Å². The standard InChI is InChI=1S/C23H20BrNO/c1-3-4-9-16(2)23-22-19(15-26-23)18-11-6-8-13-21(18)25(22)14-17-10-5-7-12-20(17)24/h3-13,15H,14H2,1-2H3. The maximum atomic E-state index is 6.00. The number of rotatable bonds is 4. The number of halogens is 1. The summed E-state index contributed by atoms with van der Waals surface area (Å²) in [5.41, 5.74) is 4.75. The van der Waals surface area contributed by atoms with Crippen LogP contribution < -0.4 is 0 Å². The molecule has 0 aliphatic heterocycles. The number of hydrogen-bond donors (Lipinski definition) is 0. The Bertz CT molecular complexity index is 1140. The van der Waals surface area contributed by atoms with Gasteiger partial charge in [0.05, 0.1) is 5.52 Å². The molecular weight excluding hydrogens is 386 g/mol. The normalized spacial score (nSPS) is 12.7. The summed E-state index contributed by atoms with van der Waals surface area (Å²) in [5, 5.41) is 2.39. The molecule has 2 heterocycles. The molecule has 26 heavy (non-hydrogen) atoms. The molecule has 2 nitrogen and oxygen atoms in total. The van der Waals surface area contributed by atoms with Crippen LogP contribution in [0.4, 0.5) is 0 Å². The van der Waals surface area contributed by atoms with Gasteiger partial charge in [-0.3, -0.25) is 0 Å². The third-order valence-electron chi connectivity index (χ3n) is 4.70. The van der Waals surface area contributed by atoms with Crippen LogP contribution >= 0.6 is 15.9 Å². The van der Waals surface area contributed by atoms with Crippen LogP contribution in [0.5, 0.6) is 0 Å². The topological polar surface area (TPSA) is 18.1 Å². The predicted molar refractivity (Wildman–Crippen MR) is 113 cm³/mol. The van der Waals surface area contributed by atoms with Crippen molar-refractivity contribution >= 4 is 43.3 Å². The molecule has 130 valence electrons. The molecular formula is C23H20BrNO. The number of para-hydroxylation sites is 1. The Morgan fingerprint density at radius 2 is 1.85 bits per heavy atom. The Morgan fingerprint density at radius 3 is 2.65 bits per heavy atom. The lowest BCUT2D eigenvalue weighted by molar-refractivity contribution is 0.555. The van der Waals surface area contributed by atoms with Crippen molar-refractivity contribution in [3.63, 3.8) is 0 Å². The first kappa shape index (κ1) is 16.9. The number of allylic oxidation sites excluding steroid dienone is 4. The van der Waals surface area contributed by atoms with Crippen molar-refractivity contribution in [3.05, 3.63) is 88.8 Å². The summed E-state index contributed by atoms with van der Waals surface area (Å²) in [4.78, 5) is 0. The van der Waals surface area contributed by atoms with E-state index in [-0.39, 0.29) is 0 Å². The molecule has 4 aromatic rings. The zero-order valence-corrected chi connectivity index (χ0v) is 16.5. The second-order valence-corrected chi connectivity index (χ2v) is 7.25. The van der Waals surface area contributed by atoms with Gasteiger partial charge in [0, 0.05) is 27.3 Å². The molecule has 0 spiro atoms. The Labute approximate surface area is 161 Å². The molecule has 4 rings (SSSR count). The smallest absolute Gasteiger partial charge is 0.153 e. The van der Waals surface area contributed by atoms with Crippen molar-refractivity contribution in [2.75, 3.05) is 0 Å². The lowest BCUT2D eigenvalue weighted by atomic mass is 10.1. The highest BCUT2D eigenvalue weighted by atomic mass is 79.9. The van der Waals surface area contributed by atoms with Gasteiger partial charge in [-0.05, 0) is 37.1 Å². The zero-order chi connectivity index (χ0) is 18.1. The van der Waals surface area contributed by atoms with Crippen LogP contribution in [0.3, 0.4) is 0 Å². The van der Waals surface area contributed by atoms with Gasteiger partial charge in [0.15, 0.2) is 5.76 Å². The van der Waals surface area contributed by atoms with E-state index in [0.717, 1.165) is 33.3 Å². The van der Waals surface area contributed by atoms with E-state index < -0.39 is 0 Å². The largest absolute Gasteiger partial charge is 0.462 e. The zero-order valence-electron chi connectivity index (χ0n) is 14.9. The Balaban J connectivity index is 1.99. The fraction of sp³-hybridized carbons (Fsp3) is 0.130. The van der Waals surface area contributed by atoms with Crippen LogP contribution in [0.1, 0.15) is 25.2 Å². The highest BCUT2D eigenvalue weighted by molar-refractivity contribution is 9.10. The van der Waals surface area contributed by atoms with E-state index >= 15 is 0 Å². The lowest BCUT2D eigenvalue weighted by Gasteiger charge is -2.10. The van der Waals surface area contributed by atoms with Crippen molar-refractivity contribution in [1.82, 2.24) is 4.57 Å². The average Bonchev–Trinajstić information content (AvgIpc) is 3.21. The minimum Gasteiger partial charge on any atom is -0.462 e. The number of fused-ring (bicyclic) bond motifs is 3. The van der Waals surface area contributed by atoms with Gasteiger partial charge in [-0.25, -0.2) is 0 Å². The first-order valence-corrected chi connectivity index (χ1v) is 9.51. The second kappa shape index (κ2) is 7.00. The van der Waals surface area contributed by atoms with E-state index in [4.69, 9.17) is 4.42 Å². The molecule has 0 atom stereocenters. The van der Waals surface area contributed by atoms with E-state index in [0.29, 0.717) is 0 Å². The summed E-state index contributed by atoms with van der Waals surface area (Å²) in [5.74, 6) is 0.932. The molecule has 0 N–H and O–H groups in total. The molecule has 0 amide bonds. The second-order valence-electron chi connectivity index (χ2n) is 6.40. The summed E-state index contributed by atoms with van der Waals surface area (Å²) in [7, 11) is 0. The highest BCUT2D eigenvalue weighted by Crippen LogP contribution is 2.36. The molecule has 2 aromatic heterocycles. The number of nitrogens with zero attached hydrogens (tertiary/aromatic N) is 1. The predicted octanol–water partition coefficient (Wildman–Crippen LogP) is 7.18. The molecule has 0 saturated heterocycles. The molecule has 0 saturated carbocycles. The molecule has 0 aliphatic carbocycles. The van der Waals surface area contributed by atoms with Gasteiger partial charge in [0.1, 0.15) is 6.26 Å². The molecule has 0 bridgehead atoms. The third-order valence-corrected chi connectivity index (χ3v) is 5.48. The van der Waals surface area contributed by atoms with Crippen molar-refractivity contribution in [1.29, 1.82) is 0 Å². The first-order chi connectivity index (χ1) is 12.7. The lowest BCUT2D eigenvalue weighted by Crippen LogP contribution is -2.01. The molecule has 2 aromatic carbocycles. The summed E-state index contributed by atoms with van der Waals surface area (Å²) < 4.78 is 9.48. The number of benzene rings is 2. The number of aromatic nitrogens is 1. The van der Waals surface area contributed by atoms with E-state index in [1.54, 1.807) is 0 Å². The van der Waals surface area contributed by atoms with Crippen molar-refractivity contribution in [2.45, 2.75) is 20.4 Å². The van der Waals surface area contributed by atoms with Crippen LogP contribution in [0.15, 0.2) is 81.9 Å². The van der Waals surface area contributed by atoms with Crippen molar-refractivity contribution < 1.29 is 4.42 Å². The van der Waals surface area contributed by atoms with E-state index in [2.05, 4.69) is 76.0 Å². The van der Waals surface area contributed by atoms with Gasteiger partial charge in [-0.2, -0.15) is 0 Å². The van der Waals surface area contributed by atoms with Gasteiger partial charge in [0.2, 0.25) is 0 Å². The van der Waals surface area contributed by atoms with Crippen LogP contribution in [0, 0.1) is 0 Å². The van der Waals surface area contributed by atoms with E-state index in [1.165, 1.54) is 16.5 Å². The third kappa shape index (κ3) is 2.82. The van der Waals surface area contributed by atoms with Gasteiger partial charge >= 0.3 is 0 Å². The number of hydrogen-bond acceptors (Lipinski definition) is 1. The Hall–Kier alpha value is -2.52. The van der Waals surface area contributed by atoms with E-state index in [9.17, 15) is 0 Å². The van der Waals surface area contributed by atoms with Gasteiger partial charge in [0.25, 0.3) is 0 Å². The highest BCUT2D eigenvalue weighted by Gasteiger charge is 2.18. The Morgan fingerprint density at radius 1 is 1.08 bits per heavy atom. The van der Waals surface area contributed by atoms with Crippen molar-refractivity contribution in [2.24, 2.45) is 0 Å². The van der Waals surface area contributed by atoms with Gasteiger partial charge < -0.3 is 8.98 Å². The monoisotopic (exact) mass is 405 g/mol. The molecule has 0 unspecified atom stereocenters. The van der Waals surface area contributed by atoms with Gasteiger partial charge in [-0.15, -0.1) is 0 Å². The molecule has 3 heteroatoms. The minimum absolute atomic E-state index is 0.787. The fourth-order valence-electron chi connectivity index (χ4n) is 3.43. The average molecular weight is 406 g/mol. The van der Waals surface area contributed by atoms with Crippen LogP contribution in [0.25, 0.3) is 27.4 Å². The summed E-state index contributed by atoms with van der Waals surface area (Å²) in [6, 6.07) is 16.9.